The summed E-state index contributed by atoms with van der Waals surface area (Å²) in [6, 6.07) is 13.3. The molecule has 0 atom stereocenters. The second kappa shape index (κ2) is 6.71. The Kier molecular flexibility index (Phi) is 4.72. The fraction of sp³-hybridized carbons (Fsp3) is 0.0625. The summed E-state index contributed by atoms with van der Waals surface area (Å²) in [6.07, 6.45) is 3.80. The van der Waals surface area contributed by atoms with E-state index in [4.69, 9.17) is 0 Å². The second-order valence-corrected chi connectivity index (χ2v) is 9.81. The SMILES string of the molecule is Cc1cc([Se]c2cccnc2)ccc1[Se]c1ccsc1. The Balaban J connectivity index is 1.77. The molecular formula is C16H13NSSe2. The molecule has 20 heavy (non-hydrogen) atoms. The van der Waals surface area contributed by atoms with E-state index < -0.39 is 0 Å². The summed E-state index contributed by atoms with van der Waals surface area (Å²) in [6.45, 7) is 2.23. The molecule has 0 unspecified atom stereocenters. The number of thiophene rings is 1. The zero-order chi connectivity index (χ0) is 13.8. The van der Waals surface area contributed by atoms with Crippen molar-refractivity contribution in [2.45, 2.75) is 6.92 Å². The van der Waals surface area contributed by atoms with Gasteiger partial charge in [-0.1, -0.05) is 0 Å². The van der Waals surface area contributed by atoms with E-state index in [1.807, 2.05) is 18.5 Å². The van der Waals surface area contributed by atoms with E-state index >= 15 is 0 Å². The van der Waals surface area contributed by atoms with Gasteiger partial charge < -0.3 is 0 Å². The Labute approximate surface area is 135 Å². The molecular weight excluding hydrogens is 396 g/mol. The standard InChI is InChI=1S/C16H13NSSe2/c1-12-9-13(19-14-3-2-7-17-10-14)4-5-16(12)20-15-6-8-18-11-15/h2-11H,1H3. The summed E-state index contributed by atoms with van der Waals surface area (Å²) in [5.74, 6) is 0. The molecule has 0 fully saturated rings. The van der Waals surface area contributed by atoms with Gasteiger partial charge in [0.05, 0.1) is 0 Å². The van der Waals surface area contributed by atoms with Gasteiger partial charge in [0.15, 0.2) is 0 Å². The minimum absolute atomic E-state index is 0.354. The summed E-state index contributed by atoms with van der Waals surface area (Å²) in [7, 11) is 0. The Hall–Kier alpha value is -0.891. The minimum atomic E-state index is 0.354. The van der Waals surface area contributed by atoms with E-state index in [9.17, 15) is 0 Å². The van der Waals surface area contributed by atoms with E-state index in [0.29, 0.717) is 29.9 Å². The van der Waals surface area contributed by atoms with Gasteiger partial charge in [-0.05, 0) is 0 Å². The van der Waals surface area contributed by atoms with Crippen molar-refractivity contribution in [2.24, 2.45) is 0 Å². The molecule has 0 amide bonds. The third kappa shape index (κ3) is 3.60. The molecule has 1 aromatic carbocycles. The van der Waals surface area contributed by atoms with Gasteiger partial charge in [0.2, 0.25) is 0 Å². The fourth-order valence-corrected chi connectivity index (χ4v) is 6.65. The Morgan fingerprint density at radius 3 is 2.65 bits per heavy atom. The Morgan fingerprint density at radius 1 is 1.00 bits per heavy atom. The first-order chi connectivity index (χ1) is 9.81. The monoisotopic (exact) mass is 411 g/mol. The molecule has 4 heteroatoms. The van der Waals surface area contributed by atoms with Crippen LogP contribution in [0.25, 0.3) is 0 Å². The van der Waals surface area contributed by atoms with Crippen molar-refractivity contribution < 1.29 is 0 Å². The van der Waals surface area contributed by atoms with E-state index in [-0.39, 0.29) is 0 Å². The third-order valence-corrected chi connectivity index (χ3v) is 8.24. The van der Waals surface area contributed by atoms with Crippen LogP contribution in [0.5, 0.6) is 0 Å². The van der Waals surface area contributed by atoms with Gasteiger partial charge >= 0.3 is 136 Å². The molecule has 0 saturated heterocycles. The van der Waals surface area contributed by atoms with E-state index in [1.54, 1.807) is 11.3 Å². The first-order valence-electron chi connectivity index (χ1n) is 6.20. The quantitative estimate of drug-likeness (QED) is 0.581. The Morgan fingerprint density at radius 2 is 1.95 bits per heavy atom. The molecule has 0 N–H and O–H groups in total. The van der Waals surface area contributed by atoms with Crippen LogP contribution in [0, 0.1) is 6.92 Å². The maximum atomic E-state index is 4.19. The van der Waals surface area contributed by atoms with Crippen molar-refractivity contribution in [3.63, 3.8) is 0 Å². The number of hydrogen-bond donors (Lipinski definition) is 0. The third-order valence-electron chi connectivity index (χ3n) is 2.74. The van der Waals surface area contributed by atoms with Gasteiger partial charge in [-0.25, -0.2) is 0 Å². The summed E-state index contributed by atoms with van der Waals surface area (Å²) in [4.78, 5) is 4.19. The van der Waals surface area contributed by atoms with Gasteiger partial charge in [0.25, 0.3) is 0 Å². The van der Waals surface area contributed by atoms with Crippen molar-refractivity contribution in [1.29, 1.82) is 0 Å². The molecule has 0 spiro atoms. The first kappa shape index (κ1) is 14.1. The Bertz CT molecular complexity index is 681. The van der Waals surface area contributed by atoms with Crippen LogP contribution < -0.4 is 17.8 Å². The second-order valence-electron chi connectivity index (χ2n) is 4.28. The molecule has 100 valence electrons. The van der Waals surface area contributed by atoms with Crippen LogP contribution in [-0.4, -0.2) is 34.9 Å². The number of nitrogens with zero attached hydrogens (tertiary/aromatic N) is 1. The van der Waals surface area contributed by atoms with Crippen molar-refractivity contribution in [3.8, 4) is 0 Å². The predicted molar refractivity (Wildman–Crippen MR) is 89.8 cm³/mol. The molecule has 0 aliphatic carbocycles. The van der Waals surface area contributed by atoms with Crippen LogP contribution in [0.4, 0.5) is 0 Å². The van der Waals surface area contributed by atoms with Crippen molar-refractivity contribution in [1.82, 2.24) is 4.98 Å². The first-order valence-corrected chi connectivity index (χ1v) is 10.6. The topological polar surface area (TPSA) is 12.9 Å². The van der Waals surface area contributed by atoms with Crippen LogP contribution >= 0.6 is 11.3 Å². The zero-order valence-corrected chi connectivity index (χ0v) is 15.2. The summed E-state index contributed by atoms with van der Waals surface area (Å²) >= 11 is 2.57. The summed E-state index contributed by atoms with van der Waals surface area (Å²) < 4.78 is 5.71. The van der Waals surface area contributed by atoms with Gasteiger partial charge in [0, 0.05) is 0 Å². The van der Waals surface area contributed by atoms with Crippen LogP contribution in [0.3, 0.4) is 0 Å². The number of rotatable bonds is 4. The van der Waals surface area contributed by atoms with Gasteiger partial charge in [-0.3, -0.25) is 0 Å². The molecule has 0 saturated carbocycles. The van der Waals surface area contributed by atoms with Crippen molar-refractivity contribution in [2.75, 3.05) is 0 Å². The average molecular weight is 409 g/mol. The number of pyridine rings is 1. The number of aryl methyl sites for hydroxylation is 1. The van der Waals surface area contributed by atoms with E-state index in [2.05, 4.69) is 53.0 Å². The van der Waals surface area contributed by atoms with Gasteiger partial charge in [-0.15, -0.1) is 0 Å². The van der Waals surface area contributed by atoms with Crippen LogP contribution in [0.2, 0.25) is 0 Å². The molecule has 1 nitrogen and oxygen atoms in total. The predicted octanol–water partition coefficient (Wildman–Crippen LogP) is 0.762. The molecule has 0 aliphatic heterocycles. The van der Waals surface area contributed by atoms with Gasteiger partial charge in [0.1, 0.15) is 0 Å². The summed E-state index contributed by atoms with van der Waals surface area (Å²) in [5.41, 5.74) is 1.42. The van der Waals surface area contributed by atoms with Crippen molar-refractivity contribution >= 4 is 59.1 Å². The average Bonchev–Trinajstić information content (AvgIpc) is 2.96. The molecule has 2 aromatic heterocycles. The number of hydrogen-bond acceptors (Lipinski definition) is 2. The van der Waals surface area contributed by atoms with Gasteiger partial charge in [-0.2, -0.15) is 0 Å². The molecule has 2 heterocycles. The van der Waals surface area contributed by atoms with E-state index in [1.165, 1.54) is 23.4 Å². The molecule has 3 aromatic rings. The molecule has 0 bridgehead atoms. The van der Waals surface area contributed by atoms with Crippen molar-refractivity contribution in [3.05, 3.63) is 65.1 Å². The van der Waals surface area contributed by atoms with Crippen LogP contribution in [-0.2, 0) is 0 Å². The van der Waals surface area contributed by atoms with Crippen LogP contribution in [0.15, 0.2) is 59.6 Å². The van der Waals surface area contributed by atoms with E-state index in [0.717, 1.165) is 0 Å². The summed E-state index contributed by atoms with van der Waals surface area (Å²) in [5, 5.41) is 4.42. The zero-order valence-electron chi connectivity index (χ0n) is 10.9. The fourth-order valence-electron chi connectivity index (χ4n) is 1.78. The molecule has 0 radical (unpaired) electrons. The maximum absolute atomic E-state index is 4.19. The molecule has 0 aliphatic rings. The number of aromatic nitrogens is 1. The van der Waals surface area contributed by atoms with Crippen LogP contribution in [0.1, 0.15) is 5.56 Å². The normalized spacial score (nSPS) is 10.7. The number of benzene rings is 1. The molecule has 3 rings (SSSR count).